The first-order valence-corrected chi connectivity index (χ1v) is 7.50. The zero-order valence-electron chi connectivity index (χ0n) is 10.3. The van der Waals surface area contributed by atoms with Crippen LogP contribution in [0.5, 0.6) is 0 Å². The number of ether oxygens (including phenoxy) is 1. The van der Waals surface area contributed by atoms with Crippen molar-refractivity contribution < 1.29 is 13.2 Å². The van der Waals surface area contributed by atoms with Gasteiger partial charge in [-0.05, 0) is 32.0 Å². The predicted octanol–water partition coefficient (Wildman–Crippen LogP) is 2.09. The van der Waals surface area contributed by atoms with Gasteiger partial charge in [-0.1, -0.05) is 11.6 Å². The van der Waals surface area contributed by atoms with Crippen molar-refractivity contribution in [2.75, 3.05) is 22.8 Å². The van der Waals surface area contributed by atoms with Crippen molar-refractivity contribution in [1.29, 1.82) is 0 Å². The molecule has 0 fully saturated rings. The molecular weight excluding hydrogens is 276 g/mol. The summed E-state index contributed by atoms with van der Waals surface area (Å²) in [6, 6.07) is 4.57. The average Bonchev–Trinajstić information content (AvgIpc) is 2.22. The van der Waals surface area contributed by atoms with Crippen LogP contribution >= 0.6 is 11.6 Å². The van der Waals surface area contributed by atoms with Crippen molar-refractivity contribution in [3.63, 3.8) is 0 Å². The maximum absolute atomic E-state index is 11.7. The fraction of sp³-hybridized carbons (Fsp3) is 0.455. The van der Waals surface area contributed by atoms with Crippen molar-refractivity contribution in [3.05, 3.63) is 23.2 Å². The van der Waals surface area contributed by atoms with E-state index >= 15 is 0 Å². The van der Waals surface area contributed by atoms with Gasteiger partial charge < -0.3 is 10.5 Å². The molecule has 0 aliphatic rings. The molecule has 3 N–H and O–H groups in total. The Balaban J connectivity index is 2.62. The number of nitrogens with two attached hydrogens (primary N) is 1. The molecule has 1 rings (SSSR count). The molecule has 102 valence electrons. The van der Waals surface area contributed by atoms with E-state index in [1.165, 1.54) is 6.07 Å². The Kier molecular flexibility index (Phi) is 5.25. The Labute approximate surface area is 112 Å². The molecule has 0 saturated heterocycles. The average molecular weight is 293 g/mol. The quantitative estimate of drug-likeness (QED) is 0.787. The second-order valence-corrected chi connectivity index (χ2v) is 6.33. The van der Waals surface area contributed by atoms with Crippen molar-refractivity contribution in [3.8, 4) is 0 Å². The third-order valence-electron chi connectivity index (χ3n) is 2.08. The molecule has 0 aromatic heterocycles. The molecule has 1 aromatic carbocycles. The van der Waals surface area contributed by atoms with Crippen LogP contribution in [0.15, 0.2) is 18.2 Å². The lowest BCUT2D eigenvalue weighted by Crippen LogP contribution is -2.21. The largest absolute Gasteiger partial charge is 0.398 e. The van der Waals surface area contributed by atoms with Crippen LogP contribution < -0.4 is 10.5 Å². The summed E-state index contributed by atoms with van der Waals surface area (Å²) in [6.45, 7) is 3.84. The Morgan fingerprint density at radius 2 is 2.11 bits per heavy atom. The molecule has 0 atom stereocenters. The molecule has 0 amide bonds. The summed E-state index contributed by atoms with van der Waals surface area (Å²) < 4.78 is 31.0. The van der Waals surface area contributed by atoms with E-state index in [0.717, 1.165) is 0 Å². The molecule has 0 bridgehead atoms. The highest BCUT2D eigenvalue weighted by atomic mass is 35.5. The van der Waals surface area contributed by atoms with Gasteiger partial charge in [0, 0.05) is 0 Å². The van der Waals surface area contributed by atoms with Crippen LogP contribution in [0.1, 0.15) is 13.8 Å². The monoisotopic (exact) mass is 292 g/mol. The van der Waals surface area contributed by atoms with Crippen molar-refractivity contribution in [2.24, 2.45) is 0 Å². The Morgan fingerprint density at radius 1 is 1.44 bits per heavy atom. The molecule has 0 aliphatic carbocycles. The van der Waals surface area contributed by atoms with Gasteiger partial charge >= 0.3 is 0 Å². The van der Waals surface area contributed by atoms with Crippen LogP contribution in [0.25, 0.3) is 0 Å². The zero-order chi connectivity index (χ0) is 13.8. The Bertz CT molecular complexity index is 503. The minimum absolute atomic E-state index is 0.00571. The zero-order valence-corrected chi connectivity index (χ0v) is 11.9. The molecular formula is C11H17ClN2O3S. The SMILES string of the molecule is CC(C)OCCS(=O)(=O)Nc1ccc(N)c(Cl)c1. The predicted molar refractivity (Wildman–Crippen MR) is 74.4 cm³/mol. The fourth-order valence-corrected chi connectivity index (χ4v) is 2.30. The summed E-state index contributed by atoms with van der Waals surface area (Å²) in [5.41, 5.74) is 6.33. The Morgan fingerprint density at radius 3 is 2.67 bits per heavy atom. The first-order valence-electron chi connectivity index (χ1n) is 5.47. The van der Waals surface area contributed by atoms with E-state index < -0.39 is 10.0 Å². The van der Waals surface area contributed by atoms with Crippen LogP contribution in [-0.2, 0) is 14.8 Å². The lowest BCUT2D eigenvalue weighted by molar-refractivity contribution is 0.0913. The van der Waals surface area contributed by atoms with Gasteiger partial charge in [-0.25, -0.2) is 8.42 Å². The number of hydrogen-bond donors (Lipinski definition) is 2. The number of nitrogen functional groups attached to an aromatic ring is 1. The number of halogens is 1. The van der Waals surface area contributed by atoms with Crippen molar-refractivity contribution in [1.82, 2.24) is 0 Å². The lowest BCUT2D eigenvalue weighted by Gasteiger charge is -2.10. The van der Waals surface area contributed by atoms with Gasteiger partial charge in [0.2, 0.25) is 10.0 Å². The number of hydrogen-bond acceptors (Lipinski definition) is 4. The maximum atomic E-state index is 11.7. The lowest BCUT2D eigenvalue weighted by atomic mass is 10.3. The molecule has 5 nitrogen and oxygen atoms in total. The smallest absolute Gasteiger partial charge is 0.235 e. The normalized spacial score (nSPS) is 11.8. The van der Waals surface area contributed by atoms with Crippen LogP contribution in [-0.4, -0.2) is 26.9 Å². The van der Waals surface area contributed by atoms with E-state index in [0.29, 0.717) is 16.4 Å². The number of benzene rings is 1. The Hall–Kier alpha value is -0.980. The van der Waals surface area contributed by atoms with Crippen LogP contribution in [0.3, 0.4) is 0 Å². The second-order valence-electron chi connectivity index (χ2n) is 4.08. The van der Waals surface area contributed by atoms with E-state index in [9.17, 15) is 8.42 Å². The highest BCUT2D eigenvalue weighted by Crippen LogP contribution is 2.23. The van der Waals surface area contributed by atoms with Gasteiger partial charge in [0.1, 0.15) is 0 Å². The molecule has 0 unspecified atom stereocenters. The van der Waals surface area contributed by atoms with Crippen LogP contribution in [0.2, 0.25) is 5.02 Å². The van der Waals surface area contributed by atoms with E-state index in [-0.39, 0.29) is 18.5 Å². The summed E-state index contributed by atoms with van der Waals surface area (Å²) in [5, 5.41) is 0.314. The third-order valence-corrected chi connectivity index (χ3v) is 3.66. The van der Waals surface area contributed by atoms with Gasteiger partial charge in [0.15, 0.2) is 0 Å². The van der Waals surface area contributed by atoms with E-state index in [1.54, 1.807) is 12.1 Å². The summed E-state index contributed by atoms with van der Waals surface area (Å²) >= 11 is 5.80. The van der Waals surface area contributed by atoms with Gasteiger partial charge in [0.05, 0.1) is 34.9 Å². The summed E-state index contributed by atoms with van der Waals surface area (Å²) in [5.74, 6) is -0.104. The van der Waals surface area contributed by atoms with Gasteiger partial charge in [-0.15, -0.1) is 0 Å². The molecule has 7 heteroatoms. The molecule has 0 saturated carbocycles. The standard InChI is InChI=1S/C11H17ClN2O3S/c1-8(2)17-5-6-18(15,16)14-9-3-4-11(13)10(12)7-9/h3-4,7-8,14H,5-6,13H2,1-2H3. The molecule has 0 radical (unpaired) electrons. The highest BCUT2D eigenvalue weighted by Gasteiger charge is 2.11. The molecule has 0 spiro atoms. The van der Waals surface area contributed by atoms with E-state index in [4.69, 9.17) is 22.1 Å². The van der Waals surface area contributed by atoms with Crippen LogP contribution in [0.4, 0.5) is 11.4 Å². The molecule has 0 heterocycles. The molecule has 1 aromatic rings. The minimum atomic E-state index is -3.43. The van der Waals surface area contributed by atoms with Crippen molar-refractivity contribution in [2.45, 2.75) is 20.0 Å². The maximum Gasteiger partial charge on any atom is 0.235 e. The van der Waals surface area contributed by atoms with Gasteiger partial charge in [0.25, 0.3) is 0 Å². The van der Waals surface area contributed by atoms with Crippen LogP contribution in [0, 0.1) is 0 Å². The number of sulfonamides is 1. The second kappa shape index (κ2) is 6.26. The molecule has 18 heavy (non-hydrogen) atoms. The van der Waals surface area contributed by atoms with Gasteiger partial charge in [-0.2, -0.15) is 0 Å². The van der Waals surface area contributed by atoms with E-state index in [2.05, 4.69) is 4.72 Å². The first kappa shape index (κ1) is 15.1. The minimum Gasteiger partial charge on any atom is -0.398 e. The number of rotatable bonds is 6. The fourth-order valence-electron chi connectivity index (χ4n) is 1.21. The summed E-state index contributed by atoms with van der Waals surface area (Å²) in [6.07, 6.45) is 0.00571. The number of anilines is 2. The first-order chi connectivity index (χ1) is 8.30. The van der Waals surface area contributed by atoms with Crippen molar-refractivity contribution >= 4 is 33.0 Å². The third kappa shape index (κ3) is 5.12. The summed E-state index contributed by atoms with van der Waals surface area (Å²) in [7, 11) is -3.43. The highest BCUT2D eigenvalue weighted by molar-refractivity contribution is 7.92. The molecule has 0 aliphatic heterocycles. The topological polar surface area (TPSA) is 81.4 Å². The summed E-state index contributed by atoms with van der Waals surface area (Å²) in [4.78, 5) is 0. The van der Waals surface area contributed by atoms with E-state index in [1.807, 2.05) is 13.8 Å². The number of nitrogens with one attached hydrogen (secondary N) is 1. The van der Waals surface area contributed by atoms with Gasteiger partial charge in [-0.3, -0.25) is 4.72 Å².